The maximum atomic E-state index is 13.8. The van der Waals surface area contributed by atoms with Crippen LogP contribution in [0.5, 0.6) is 0 Å². The predicted octanol–water partition coefficient (Wildman–Crippen LogP) is 2.49. The van der Waals surface area contributed by atoms with E-state index in [1.807, 2.05) is 20.8 Å². The molecule has 4 heteroatoms. The Labute approximate surface area is 113 Å². The van der Waals surface area contributed by atoms with Crippen LogP contribution in [0.4, 0.5) is 4.39 Å². The average Bonchev–Trinajstić information content (AvgIpc) is 2.70. The fourth-order valence-electron chi connectivity index (χ4n) is 2.63. The van der Waals surface area contributed by atoms with Gasteiger partial charge in [0.15, 0.2) is 0 Å². The number of likely N-dealkylation sites (tertiary alicyclic amines) is 1. The fourth-order valence-corrected chi connectivity index (χ4v) is 2.63. The summed E-state index contributed by atoms with van der Waals surface area (Å²) in [6.45, 7) is 6.61. The highest BCUT2D eigenvalue weighted by Crippen LogP contribution is 2.27. The van der Waals surface area contributed by atoms with Crippen molar-refractivity contribution < 1.29 is 9.18 Å². The van der Waals surface area contributed by atoms with E-state index in [0.717, 1.165) is 6.42 Å². The first-order chi connectivity index (χ1) is 9.00. The normalized spacial score (nSPS) is 21.2. The van der Waals surface area contributed by atoms with Crippen LogP contribution in [0.1, 0.15) is 38.8 Å². The van der Waals surface area contributed by atoms with E-state index in [9.17, 15) is 9.18 Å². The fraction of sp³-hybridized carbons (Fsp3) is 0.533. The second-order valence-corrected chi connectivity index (χ2v) is 5.39. The van der Waals surface area contributed by atoms with E-state index in [0.29, 0.717) is 12.1 Å². The molecule has 3 nitrogen and oxygen atoms in total. The molecule has 19 heavy (non-hydrogen) atoms. The summed E-state index contributed by atoms with van der Waals surface area (Å²) in [6.07, 6.45) is 0.788. The second kappa shape index (κ2) is 5.70. The Morgan fingerprint density at radius 2 is 2.00 bits per heavy atom. The zero-order chi connectivity index (χ0) is 14.0. The molecule has 1 amide bonds. The number of halogens is 1. The molecule has 1 aliphatic rings. The van der Waals surface area contributed by atoms with E-state index in [1.165, 1.54) is 6.07 Å². The summed E-state index contributed by atoms with van der Waals surface area (Å²) < 4.78 is 13.8. The van der Waals surface area contributed by atoms with Gasteiger partial charge in [0, 0.05) is 18.2 Å². The monoisotopic (exact) mass is 264 g/mol. The van der Waals surface area contributed by atoms with E-state index >= 15 is 0 Å². The van der Waals surface area contributed by atoms with Crippen molar-refractivity contribution in [2.75, 3.05) is 6.54 Å². The molecule has 0 aliphatic carbocycles. The number of rotatable bonds is 4. The van der Waals surface area contributed by atoms with Crippen molar-refractivity contribution in [2.45, 2.75) is 45.3 Å². The second-order valence-electron chi connectivity index (χ2n) is 5.39. The summed E-state index contributed by atoms with van der Waals surface area (Å²) >= 11 is 0. The van der Waals surface area contributed by atoms with Crippen molar-refractivity contribution in [2.24, 2.45) is 0 Å². The van der Waals surface area contributed by atoms with Crippen LogP contribution in [0.25, 0.3) is 0 Å². The molecule has 1 aromatic rings. The van der Waals surface area contributed by atoms with Gasteiger partial charge in [0.1, 0.15) is 5.82 Å². The van der Waals surface area contributed by atoms with Crippen LogP contribution in [0.3, 0.4) is 0 Å². The topological polar surface area (TPSA) is 32.3 Å². The third-order valence-electron chi connectivity index (χ3n) is 3.60. The van der Waals surface area contributed by atoms with Gasteiger partial charge < -0.3 is 10.2 Å². The Morgan fingerprint density at radius 1 is 1.32 bits per heavy atom. The van der Waals surface area contributed by atoms with Gasteiger partial charge in [0.25, 0.3) is 0 Å². The van der Waals surface area contributed by atoms with Gasteiger partial charge in [-0.3, -0.25) is 4.79 Å². The Morgan fingerprint density at radius 3 is 2.63 bits per heavy atom. The van der Waals surface area contributed by atoms with Crippen molar-refractivity contribution in [3.8, 4) is 0 Å². The lowest BCUT2D eigenvalue weighted by Crippen LogP contribution is -2.42. The molecule has 0 radical (unpaired) electrons. The van der Waals surface area contributed by atoms with Gasteiger partial charge >= 0.3 is 0 Å². The molecule has 1 fully saturated rings. The highest BCUT2D eigenvalue weighted by molar-refractivity contribution is 5.84. The molecule has 1 saturated heterocycles. The largest absolute Gasteiger partial charge is 0.334 e. The Balaban J connectivity index is 2.11. The van der Waals surface area contributed by atoms with Crippen LogP contribution in [-0.2, 0) is 4.79 Å². The van der Waals surface area contributed by atoms with E-state index in [2.05, 4.69) is 5.32 Å². The smallest absolute Gasteiger partial charge is 0.240 e. The molecular weight excluding hydrogens is 243 g/mol. The van der Waals surface area contributed by atoms with Crippen LogP contribution in [-0.4, -0.2) is 29.4 Å². The van der Waals surface area contributed by atoms with Crippen molar-refractivity contribution in [3.05, 3.63) is 35.6 Å². The summed E-state index contributed by atoms with van der Waals surface area (Å²) in [7, 11) is 0. The first-order valence-electron chi connectivity index (χ1n) is 6.81. The molecule has 1 heterocycles. The summed E-state index contributed by atoms with van der Waals surface area (Å²) in [6, 6.07) is 6.59. The number of carbonyl (C=O) groups is 1. The average molecular weight is 264 g/mol. The molecule has 0 bridgehead atoms. The van der Waals surface area contributed by atoms with Gasteiger partial charge in [0.05, 0.1) is 12.1 Å². The zero-order valence-electron chi connectivity index (χ0n) is 11.7. The lowest BCUT2D eigenvalue weighted by molar-refractivity contribution is -0.131. The molecule has 2 unspecified atom stereocenters. The van der Waals surface area contributed by atoms with E-state index in [1.54, 1.807) is 23.1 Å². The quantitative estimate of drug-likeness (QED) is 0.906. The number of carbonyl (C=O) groups excluding carboxylic acids is 1. The highest BCUT2D eigenvalue weighted by atomic mass is 19.1. The van der Waals surface area contributed by atoms with Gasteiger partial charge in [-0.15, -0.1) is 0 Å². The third-order valence-corrected chi connectivity index (χ3v) is 3.60. The van der Waals surface area contributed by atoms with Gasteiger partial charge in [-0.05, 0) is 19.4 Å². The summed E-state index contributed by atoms with van der Waals surface area (Å²) in [5, 5.41) is 3.26. The van der Waals surface area contributed by atoms with Gasteiger partial charge in [0.2, 0.25) is 5.91 Å². The minimum Gasteiger partial charge on any atom is -0.334 e. The Kier molecular flexibility index (Phi) is 4.20. The molecular formula is C15H21FN2O. The SMILES string of the molecule is CC(C)NC1CCN(C(C)c2ccccc2F)C1=O. The van der Waals surface area contributed by atoms with Crippen molar-refractivity contribution in [3.63, 3.8) is 0 Å². The van der Waals surface area contributed by atoms with Crippen molar-refractivity contribution >= 4 is 5.91 Å². The molecule has 1 aromatic carbocycles. The van der Waals surface area contributed by atoms with Gasteiger partial charge in [-0.25, -0.2) is 4.39 Å². The van der Waals surface area contributed by atoms with Crippen LogP contribution < -0.4 is 5.32 Å². The number of benzene rings is 1. The molecule has 104 valence electrons. The molecule has 1 aliphatic heterocycles. The molecule has 0 aromatic heterocycles. The molecule has 0 saturated carbocycles. The first kappa shape index (κ1) is 14.0. The zero-order valence-corrected chi connectivity index (χ0v) is 11.7. The lowest BCUT2D eigenvalue weighted by atomic mass is 10.1. The maximum absolute atomic E-state index is 13.8. The summed E-state index contributed by atoms with van der Waals surface area (Å²) in [4.78, 5) is 14.1. The highest BCUT2D eigenvalue weighted by Gasteiger charge is 2.35. The van der Waals surface area contributed by atoms with Crippen LogP contribution in [0.15, 0.2) is 24.3 Å². The van der Waals surface area contributed by atoms with Gasteiger partial charge in [-0.2, -0.15) is 0 Å². The number of hydrogen-bond donors (Lipinski definition) is 1. The number of hydrogen-bond acceptors (Lipinski definition) is 2. The number of nitrogens with zero attached hydrogens (tertiary/aromatic N) is 1. The van der Waals surface area contributed by atoms with E-state index < -0.39 is 0 Å². The van der Waals surface area contributed by atoms with Crippen LogP contribution in [0.2, 0.25) is 0 Å². The Bertz CT molecular complexity index is 461. The van der Waals surface area contributed by atoms with Crippen LogP contribution in [0, 0.1) is 5.82 Å². The number of nitrogens with one attached hydrogen (secondary N) is 1. The maximum Gasteiger partial charge on any atom is 0.240 e. The first-order valence-corrected chi connectivity index (χ1v) is 6.81. The summed E-state index contributed by atoms with van der Waals surface area (Å²) in [5.41, 5.74) is 0.584. The lowest BCUT2D eigenvalue weighted by Gasteiger charge is -2.26. The number of amides is 1. The summed E-state index contributed by atoms with van der Waals surface area (Å²) in [5.74, 6) is -0.174. The minimum atomic E-state index is -0.247. The van der Waals surface area contributed by atoms with Crippen LogP contribution >= 0.6 is 0 Å². The van der Waals surface area contributed by atoms with Gasteiger partial charge in [-0.1, -0.05) is 32.0 Å². The van der Waals surface area contributed by atoms with E-state index in [-0.39, 0.29) is 29.8 Å². The van der Waals surface area contributed by atoms with Crippen molar-refractivity contribution in [1.29, 1.82) is 0 Å². The molecule has 0 spiro atoms. The standard InChI is InChI=1S/C15H21FN2O/c1-10(2)17-14-8-9-18(15(14)19)11(3)12-6-4-5-7-13(12)16/h4-7,10-11,14,17H,8-9H2,1-3H3. The minimum absolute atomic E-state index is 0.0736. The molecule has 1 N–H and O–H groups in total. The molecule has 2 rings (SSSR count). The van der Waals surface area contributed by atoms with Crippen molar-refractivity contribution in [1.82, 2.24) is 10.2 Å². The molecule has 2 atom stereocenters. The Hall–Kier alpha value is -1.42. The predicted molar refractivity (Wildman–Crippen MR) is 73.2 cm³/mol. The third kappa shape index (κ3) is 2.95. The van der Waals surface area contributed by atoms with E-state index in [4.69, 9.17) is 0 Å².